The molecule has 1 aromatic heterocycles. The topological polar surface area (TPSA) is 54.2 Å². The Bertz CT molecular complexity index is 367. The van der Waals surface area contributed by atoms with Crippen LogP contribution in [-0.4, -0.2) is 34.9 Å². The van der Waals surface area contributed by atoms with E-state index in [0.29, 0.717) is 5.92 Å². The zero-order chi connectivity index (χ0) is 13.6. The van der Waals surface area contributed by atoms with Crippen molar-refractivity contribution in [2.45, 2.75) is 39.8 Å². The van der Waals surface area contributed by atoms with Crippen LogP contribution in [0.5, 0.6) is 0 Å². The van der Waals surface area contributed by atoms with Crippen molar-refractivity contribution in [1.82, 2.24) is 20.4 Å². The molecule has 0 aliphatic rings. The molecule has 1 unspecified atom stereocenters. The van der Waals surface area contributed by atoms with Crippen LogP contribution in [0.4, 0.5) is 0 Å². The molecule has 110 valence electrons. The highest BCUT2D eigenvalue weighted by Crippen LogP contribution is 2.00. The molecule has 5 nitrogen and oxygen atoms in total. The highest BCUT2D eigenvalue weighted by atomic mass is 127. The SMILES string of the molecule is CN=C(NCC(C)Cn1cccn1)NC(C)(C)C.I. The van der Waals surface area contributed by atoms with E-state index in [1.165, 1.54) is 0 Å². The molecular weight excluding hydrogens is 353 g/mol. The molecule has 2 N–H and O–H groups in total. The Morgan fingerprint density at radius 3 is 2.58 bits per heavy atom. The molecule has 0 aromatic carbocycles. The van der Waals surface area contributed by atoms with Gasteiger partial charge in [-0.15, -0.1) is 24.0 Å². The molecule has 0 radical (unpaired) electrons. The molecule has 1 atom stereocenters. The summed E-state index contributed by atoms with van der Waals surface area (Å²) in [5, 5.41) is 10.9. The van der Waals surface area contributed by atoms with Gasteiger partial charge in [-0.25, -0.2) is 0 Å². The second-order valence-corrected chi connectivity index (χ2v) is 5.66. The number of guanidine groups is 1. The van der Waals surface area contributed by atoms with Gasteiger partial charge < -0.3 is 10.6 Å². The quantitative estimate of drug-likeness (QED) is 0.479. The lowest BCUT2D eigenvalue weighted by molar-refractivity contribution is 0.437. The van der Waals surface area contributed by atoms with Crippen LogP contribution in [0.2, 0.25) is 0 Å². The van der Waals surface area contributed by atoms with Gasteiger partial charge in [0.1, 0.15) is 0 Å². The predicted molar refractivity (Wildman–Crippen MR) is 91.1 cm³/mol. The minimum absolute atomic E-state index is 0. The molecule has 0 aliphatic carbocycles. The molecule has 19 heavy (non-hydrogen) atoms. The van der Waals surface area contributed by atoms with Crippen LogP contribution in [0, 0.1) is 5.92 Å². The largest absolute Gasteiger partial charge is 0.356 e. The smallest absolute Gasteiger partial charge is 0.191 e. The fourth-order valence-electron chi connectivity index (χ4n) is 1.60. The maximum absolute atomic E-state index is 4.21. The van der Waals surface area contributed by atoms with E-state index in [9.17, 15) is 0 Å². The average molecular weight is 379 g/mol. The van der Waals surface area contributed by atoms with Gasteiger partial charge >= 0.3 is 0 Å². The normalized spacial score (nSPS) is 13.6. The first kappa shape index (κ1) is 18.2. The number of halogens is 1. The van der Waals surface area contributed by atoms with Gasteiger partial charge in [0.2, 0.25) is 0 Å². The minimum atomic E-state index is 0. The average Bonchev–Trinajstić information content (AvgIpc) is 2.75. The Morgan fingerprint density at radius 2 is 2.11 bits per heavy atom. The van der Waals surface area contributed by atoms with Gasteiger partial charge in [-0.1, -0.05) is 6.92 Å². The highest BCUT2D eigenvalue weighted by molar-refractivity contribution is 14.0. The van der Waals surface area contributed by atoms with Gasteiger partial charge in [0.15, 0.2) is 5.96 Å². The fourth-order valence-corrected chi connectivity index (χ4v) is 1.60. The van der Waals surface area contributed by atoms with Crippen LogP contribution in [0.25, 0.3) is 0 Å². The van der Waals surface area contributed by atoms with Gasteiger partial charge in [-0.2, -0.15) is 5.10 Å². The first-order chi connectivity index (χ1) is 8.40. The van der Waals surface area contributed by atoms with Crippen LogP contribution in [0.3, 0.4) is 0 Å². The Balaban J connectivity index is 0.00000324. The molecule has 0 amide bonds. The number of aromatic nitrogens is 2. The summed E-state index contributed by atoms with van der Waals surface area (Å²) in [5.74, 6) is 1.33. The van der Waals surface area contributed by atoms with Crippen molar-refractivity contribution >= 4 is 29.9 Å². The van der Waals surface area contributed by atoms with Crippen molar-refractivity contribution in [3.05, 3.63) is 18.5 Å². The van der Waals surface area contributed by atoms with Gasteiger partial charge in [0.25, 0.3) is 0 Å². The lowest BCUT2D eigenvalue weighted by Gasteiger charge is -2.24. The van der Waals surface area contributed by atoms with Crippen LogP contribution in [-0.2, 0) is 6.54 Å². The van der Waals surface area contributed by atoms with Crippen LogP contribution < -0.4 is 10.6 Å². The molecule has 6 heteroatoms. The Kier molecular flexibility index (Phi) is 8.05. The zero-order valence-corrected chi connectivity index (χ0v) is 14.8. The van der Waals surface area contributed by atoms with Crippen molar-refractivity contribution < 1.29 is 0 Å². The predicted octanol–water partition coefficient (Wildman–Crippen LogP) is 2.10. The summed E-state index contributed by atoms with van der Waals surface area (Å²) in [7, 11) is 1.79. The third-order valence-corrected chi connectivity index (χ3v) is 2.39. The van der Waals surface area contributed by atoms with Crippen LogP contribution in [0.15, 0.2) is 23.5 Å². The molecule has 0 aliphatic heterocycles. The fraction of sp³-hybridized carbons (Fsp3) is 0.692. The number of nitrogens with zero attached hydrogens (tertiary/aromatic N) is 3. The lowest BCUT2D eigenvalue weighted by Crippen LogP contribution is -2.48. The summed E-state index contributed by atoms with van der Waals surface area (Å²) in [6.45, 7) is 10.3. The van der Waals surface area contributed by atoms with Crippen molar-refractivity contribution in [2.75, 3.05) is 13.6 Å². The van der Waals surface area contributed by atoms with Gasteiger partial charge in [-0.05, 0) is 32.8 Å². The molecule has 0 fully saturated rings. The third-order valence-electron chi connectivity index (χ3n) is 2.39. The Labute approximate surface area is 133 Å². The van der Waals surface area contributed by atoms with Gasteiger partial charge in [0.05, 0.1) is 0 Å². The number of hydrogen-bond donors (Lipinski definition) is 2. The number of rotatable bonds is 4. The second kappa shape index (κ2) is 8.39. The Morgan fingerprint density at radius 1 is 1.42 bits per heavy atom. The van der Waals surface area contributed by atoms with E-state index in [2.05, 4.69) is 48.4 Å². The molecular formula is C13H26IN5. The number of aliphatic imine (C=N–C) groups is 1. The molecule has 0 saturated heterocycles. The third kappa shape index (κ3) is 8.07. The van der Waals surface area contributed by atoms with Gasteiger partial charge in [-0.3, -0.25) is 9.67 Å². The van der Waals surface area contributed by atoms with E-state index in [4.69, 9.17) is 0 Å². The van der Waals surface area contributed by atoms with E-state index < -0.39 is 0 Å². The maximum Gasteiger partial charge on any atom is 0.191 e. The summed E-state index contributed by atoms with van der Waals surface area (Å²) in [6, 6.07) is 1.94. The summed E-state index contributed by atoms with van der Waals surface area (Å²) >= 11 is 0. The first-order valence-electron chi connectivity index (χ1n) is 6.37. The maximum atomic E-state index is 4.21. The molecule has 1 heterocycles. The minimum Gasteiger partial charge on any atom is -0.356 e. The standard InChI is InChI=1S/C13H25N5.HI/c1-11(10-18-8-6-7-16-18)9-15-12(14-5)17-13(2,3)4;/h6-8,11H,9-10H2,1-5H3,(H2,14,15,17);1H. The number of hydrogen-bond acceptors (Lipinski definition) is 2. The van der Waals surface area contributed by atoms with E-state index in [0.717, 1.165) is 19.0 Å². The van der Waals surface area contributed by atoms with Crippen LogP contribution >= 0.6 is 24.0 Å². The van der Waals surface area contributed by atoms with Crippen LogP contribution in [0.1, 0.15) is 27.7 Å². The van der Waals surface area contributed by atoms with Crippen molar-refractivity contribution in [2.24, 2.45) is 10.9 Å². The summed E-state index contributed by atoms with van der Waals surface area (Å²) in [6.07, 6.45) is 3.79. The monoisotopic (exact) mass is 379 g/mol. The molecule has 1 rings (SSSR count). The van der Waals surface area contributed by atoms with E-state index in [1.807, 2.05) is 16.9 Å². The Hall–Kier alpha value is -0.790. The van der Waals surface area contributed by atoms with E-state index in [-0.39, 0.29) is 29.5 Å². The van der Waals surface area contributed by atoms with Crippen molar-refractivity contribution in [3.63, 3.8) is 0 Å². The molecule has 0 saturated carbocycles. The zero-order valence-electron chi connectivity index (χ0n) is 12.5. The summed E-state index contributed by atoms with van der Waals surface area (Å²) in [4.78, 5) is 4.21. The second-order valence-electron chi connectivity index (χ2n) is 5.66. The summed E-state index contributed by atoms with van der Waals surface area (Å²) < 4.78 is 1.95. The van der Waals surface area contributed by atoms with Crippen molar-refractivity contribution in [3.8, 4) is 0 Å². The van der Waals surface area contributed by atoms with E-state index in [1.54, 1.807) is 13.2 Å². The van der Waals surface area contributed by atoms with E-state index >= 15 is 0 Å². The number of nitrogens with one attached hydrogen (secondary N) is 2. The lowest BCUT2D eigenvalue weighted by atomic mass is 10.1. The molecule has 0 spiro atoms. The summed E-state index contributed by atoms with van der Waals surface area (Å²) in [5.41, 5.74) is 0.0209. The van der Waals surface area contributed by atoms with Crippen molar-refractivity contribution in [1.29, 1.82) is 0 Å². The highest BCUT2D eigenvalue weighted by Gasteiger charge is 2.12. The molecule has 1 aromatic rings. The molecule has 0 bridgehead atoms. The first-order valence-corrected chi connectivity index (χ1v) is 6.37. The van der Waals surface area contributed by atoms with Gasteiger partial charge in [0, 0.05) is 38.1 Å².